The minimum atomic E-state index is -0.587. The Morgan fingerprint density at radius 1 is 0.594 bits per heavy atom. The molecule has 2 amide bonds. The van der Waals surface area contributed by atoms with Crippen LogP contribution in [0.1, 0.15) is 31.8 Å². The van der Waals surface area contributed by atoms with E-state index in [-0.39, 0.29) is 13.1 Å². The Bertz CT molecular complexity index is 1250. The van der Waals surface area contributed by atoms with Crippen LogP contribution in [-0.2, 0) is 22.7 Å². The number of rotatable bonds is 4. The van der Waals surface area contributed by atoms with Crippen molar-refractivity contribution in [2.45, 2.75) is 13.1 Å². The number of benzene rings is 3. The Labute approximate surface area is 200 Å². The summed E-state index contributed by atoms with van der Waals surface area (Å²) in [6.45, 7) is 0.358. The standard InChI is InChI=1S/C24H14Br2N2O4/c25-15-5-7-19-17(9-15)21(29)23(31)27(19)11-13-3-1-2-4-14(13)12-28-20-8-6-16(26)10-18(20)22(30)24(28)32/h1-10H,11-12H2. The lowest BCUT2D eigenvalue weighted by molar-refractivity contribution is -0.115. The number of hydrogen-bond donors (Lipinski definition) is 0. The molecule has 0 spiro atoms. The Kier molecular flexibility index (Phi) is 5.06. The minimum absolute atomic E-state index is 0.179. The third-order valence-electron chi connectivity index (χ3n) is 5.64. The number of carbonyl (C=O) groups is 4. The number of halogens is 2. The monoisotopic (exact) mass is 552 g/mol. The highest BCUT2D eigenvalue weighted by Crippen LogP contribution is 2.35. The second kappa shape index (κ2) is 7.79. The SMILES string of the molecule is O=C1C(=O)N(Cc2ccccc2CN2C(=O)C(=O)c3cc(Br)ccc32)c2ccc(Br)cc21. The van der Waals surface area contributed by atoms with Crippen molar-refractivity contribution < 1.29 is 19.2 Å². The third kappa shape index (κ3) is 3.30. The van der Waals surface area contributed by atoms with Gasteiger partial charge in [-0.3, -0.25) is 19.2 Å². The largest absolute Gasteiger partial charge is 0.300 e. The van der Waals surface area contributed by atoms with Gasteiger partial charge in [0, 0.05) is 8.95 Å². The first kappa shape index (κ1) is 20.8. The topological polar surface area (TPSA) is 74.8 Å². The van der Waals surface area contributed by atoms with Crippen LogP contribution in [0, 0.1) is 0 Å². The van der Waals surface area contributed by atoms with E-state index in [0.717, 1.165) is 20.1 Å². The van der Waals surface area contributed by atoms with Crippen molar-refractivity contribution in [1.82, 2.24) is 0 Å². The maximum absolute atomic E-state index is 12.7. The van der Waals surface area contributed by atoms with E-state index in [1.165, 1.54) is 9.80 Å². The maximum atomic E-state index is 12.7. The molecule has 2 heterocycles. The van der Waals surface area contributed by atoms with Gasteiger partial charge in [-0.05, 0) is 47.5 Å². The Morgan fingerprint density at radius 3 is 1.41 bits per heavy atom. The quantitative estimate of drug-likeness (QED) is 0.440. The average Bonchev–Trinajstić information content (AvgIpc) is 3.15. The van der Waals surface area contributed by atoms with Crippen LogP contribution in [-0.4, -0.2) is 23.4 Å². The van der Waals surface area contributed by atoms with E-state index in [0.29, 0.717) is 22.5 Å². The van der Waals surface area contributed by atoms with E-state index < -0.39 is 23.4 Å². The second-order valence-electron chi connectivity index (χ2n) is 7.53. The highest BCUT2D eigenvalue weighted by atomic mass is 79.9. The van der Waals surface area contributed by atoms with Crippen molar-refractivity contribution in [3.05, 3.63) is 91.9 Å². The van der Waals surface area contributed by atoms with Crippen molar-refractivity contribution in [2.24, 2.45) is 0 Å². The first-order valence-corrected chi connectivity index (χ1v) is 11.3. The molecule has 0 aliphatic carbocycles. The molecule has 2 aliphatic heterocycles. The van der Waals surface area contributed by atoms with Gasteiger partial charge in [0.05, 0.1) is 35.6 Å². The summed E-state index contributed by atoms with van der Waals surface area (Å²) in [6.07, 6.45) is 0. The van der Waals surface area contributed by atoms with E-state index in [1.807, 2.05) is 24.3 Å². The number of carbonyl (C=O) groups excluding carboxylic acids is 4. The second-order valence-corrected chi connectivity index (χ2v) is 9.36. The predicted octanol–water partition coefficient (Wildman–Crippen LogP) is 4.67. The molecule has 0 fully saturated rings. The molecule has 0 saturated heterocycles. The van der Waals surface area contributed by atoms with Crippen molar-refractivity contribution in [3.8, 4) is 0 Å². The van der Waals surface area contributed by atoms with Crippen molar-refractivity contribution >= 4 is 66.6 Å². The fraction of sp³-hybridized carbons (Fsp3) is 0.0833. The van der Waals surface area contributed by atoms with Crippen LogP contribution in [0.5, 0.6) is 0 Å². The molecule has 5 rings (SSSR count). The number of nitrogens with zero attached hydrogens (tertiary/aromatic N) is 2. The lowest BCUT2D eigenvalue weighted by atomic mass is 10.1. The van der Waals surface area contributed by atoms with Crippen LogP contribution >= 0.6 is 31.9 Å². The zero-order valence-electron chi connectivity index (χ0n) is 16.5. The molecule has 0 aromatic heterocycles. The lowest BCUT2D eigenvalue weighted by Gasteiger charge is -2.22. The van der Waals surface area contributed by atoms with Crippen LogP contribution in [0.25, 0.3) is 0 Å². The molecule has 0 unspecified atom stereocenters. The molecule has 3 aromatic rings. The predicted molar refractivity (Wildman–Crippen MR) is 126 cm³/mol. The minimum Gasteiger partial charge on any atom is -0.300 e. The van der Waals surface area contributed by atoms with Gasteiger partial charge in [-0.2, -0.15) is 0 Å². The van der Waals surface area contributed by atoms with E-state index in [2.05, 4.69) is 31.9 Å². The van der Waals surface area contributed by atoms with E-state index in [9.17, 15) is 19.2 Å². The maximum Gasteiger partial charge on any atom is 0.299 e. The summed E-state index contributed by atoms with van der Waals surface area (Å²) in [5.41, 5.74) is 3.41. The van der Waals surface area contributed by atoms with Crippen LogP contribution in [0.15, 0.2) is 69.6 Å². The molecule has 3 aromatic carbocycles. The van der Waals surface area contributed by atoms with Crippen molar-refractivity contribution in [3.63, 3.8) is 0 Å². The molecular weight excluding hydrogens is 540 g/mol. The number of amides is 2. The van der Waals surface area contributed by atoms with Crippen LogP contribution in [0.2, 0.25) is 0 Å². The Hall–Kier alpha value is -3.10. The molecule has 6 nitrogen and oxygen atoms in total. The summed E-state index contributed by atoms with van der Waals surface area (Å²) in [5.74, 6) is -2.26. The first-order valence-electron chi connectivity index (χ1n) is 9.73. The van der Waals surface area contributed by atoms with Gasteiger partial charge >= 0.3 is 0 Å². The molecule has 0 atom stereocenters. The molecule has 158 valence electrons. The molecule has 0 bridgehead atoms. The zero-order chi connectivity index (χ0) is 22.6. The number of ketones is 2. The van der Waals surface area contributed by atoms with Gasteiger partial charge in [-0.15, -0.1) is 0 Å². The van der Waals surface area contributed by atoms with E-state index in [4.69, 9.17) is 0 Å². The summed E-state index contributed by atoms with van der Waals surface area (Å²) >= 11 is 6.68. The summed E-state index contributed by atoms with van der Waals surface area (Å²) in [7, 11) is 0. The van der Waals surface area contributed by atoms with Crippen molar-refractivity contribution in [1.29, 1.82) is 0 Å². The Morgan fingerprint density at radius 2 is 1.00 bits per heavy atom. The van der Waals surface area contributed by atoms with Gasteiger partial charge < -0.3 is 9.80 Å². The van der Waals surface area contributed by atoms with Gasteiger partial charge in [0.25, 0.3) is 23.4 Å². The highest BCUT2D eigenvalue weighted by molar-refractivity contribution is 9.10. The molecule has 8 heteroatoms. The fourth-order valence-electron chi connectivity index (χ4n) is 4.07. The summed E-state index contributed by atoms with van der Waals surface area (Å²) in [6, 6.07) is 17.7. The smallest absolute Gasteiger partial charge is 0.299 e. The van der Waals surface area contributed by atoms with Crippen LogP contribution < -0.4 is 9.80 Å². The summed E-state index contributed by atoms with van der Waals surface area (Å²) in [4.78, 5) is 53.1. The number of hydrogen-bond acceptors (Lipinski definition) is 4. The van der Waals surface area contributed by atoms with Gasteiger partial charge in [0.15, 0.2) is 0 Å². The van der Waals surface area contributed by atoms with Crippen LogP contribution in [0.4, 0.5) is 11.4 Å². The average molecular weight is 554 g/mol. The van der Waals surface area contributed by atoms with Gasteiger partial charge in [-0.1, -0.05) is 56.1 Å². The number of Topliss-reactive ketones (excluding diaryl/α,β-unsaturated/α-hetero) is 2. The van der Waals surface area contributed by atoms with Crippen molar-refractivity contribution in [2.75, 3.05) is 9.80 Å². The normalized spacial score (nSPS) is 14.9. The number of fused-ring (bicyclic) bond motifs is 2. The van der Waals surface area contributed by atoms with Crippen LogP contribution in [0.3, 0.4) is 0 Å². The van der Waals surface area contributed by atoms with Gasteiger partial charge in [0.2, 0.25) is 0 Å². The number of anilines is 2. The molecule has 2 aliphatic rings. The summed E-state index contributed by atoms with van der Waals surface area (Å²) in [5, 5.41) is 0. The lowest BCUT2D eigenvalue weighted by Crippen LogP contribution is -2.32. The van der Waals surface area contributed by atoms with E-state index >= 15 is 0 Å². The van der Waals surface area contributed by atoms with Gasteiger partial charge in [-0.25, -0.2) is 0 Å². The third-order valence-corrected chi connectivity index (χ3v) is 6.63. The Balaban J connectivity index is 1.48. The molecule has 32 heavy (non-hydrogen) atoms. The summed E-state index contributed by atoms with van der Waals surface area (Å²) < 4.78 is 1.45. The van der Waals surface area contributed by atoms with Gasteiger partial charge in [0.1, 0.15) is 0 Å². The first-order chi connectivity index (χ1) is 15.3. The fourth-order valence-corrected chi connectivity index (χ4v) is 4.79. The van der Waals surface area contributed by atoms with E-state index in [1.54, 1.807) is 36.4 Å². The highest BCUT2D eigenvalue weighted by Gasteiger charge is 2.38. The molecule has 0 radical (unpaired) electrons. The zero-order valence-corrected chi connectivity index (χ0v) is 19.6. The molecule has 0 saturated carbocycles. The molecule has 0 N–H and O–H groups in total. The molecular formula is C24H14Br2N2O4.